The molecule has 0 aromatic carbocycles. The molecular weight excluding hydrogens is 380 g/mol. The molecule has 2 saturated heterocycles. The number of imidazole rings is 1. The van der Waals surface area contributed by atoms with Crippen LogP contribution in [0.5, 0.6) is 0 Å². The van der Waals surface area contributed by atoms with E-state index in [9.17, 15) is 9.90 Å². The predicted octanol–water partition coefficient (Wildman–Crippen LogP) is 3.47. The molecule has 30 heavy (non-hydrogen) atoms. The van der Waals surface area contributed by atoms with E-state index in [1.54, 1.807) is 6.20 Å². The zero-order valence-corrected chi connectivity index (χ0v) is 17.8. The second-order valence-corrected chi connectivity index (χ2v) is 9.37. The fraction of sp³-hybridized carbons (Fsp3) is 0.696. The summed E-state index contributed by atoms with van der Waals surface area (Å²) in [5.74, 6) is 0.0121. The van der Waals surface area contributed by atoms with Crippen LogP contribution in [-0.4, -0.2) is 61.3 Å². The lowest BCUT2D eigenvalue weighted by Crippen LogP contribution is -2.53. The summed E-state index contributed by atoms with van der Waals surface area (Å²) < 4.78 is 8.53. The summed E-state index contributed by atoms with van der Waals surface area (Å²) in [4.78, 5) is 24.2. The van der Waals surface area contributed by atoms with Crippen molar-refractivity contribution in [3.8, 4) is 0 Å². The molecule has 0 unspecified atom stereocenters. The van der Waals surface area contributed by atoms with E-state index in [2.05, 4.69) is 21.5 Å². The molecule has 3 fully saturated rings. The Bertz CT molecular complexity index is 912. The molecule has 5 rings (SSSR count). The van der Waals surface area contributed by atoms with Crippen molar-refractivity contribution in [3.63, 3.8) is 0 Å². The van der Waals surface area contributed by atoms with Crippen LogP contribution >= 0.6 is 0 Å². The van der Waals surface area contributed by atoms with Gasteiger partial charge >= 0.3 is 0 Å². The number of aromatic nitrogens is 3. The maximum atomic E-state index is 13.1. The lowest BCUT2D eigenvalue weighted by Gasteiger charge is -2.47. The van der Waals surface area contributed by atoms with Crippen molar-refractivity contribution >= 4 is 17.1 Å². The first kappa shape index (κ1) is 19.9. The number of aliphatic hydroxyl groups excluding tert-OH is 1. The van der Waals surface area contributed by atoms with Crippen LogP contribution in [0.1, 0.15) is 81.1 Å². The Morgan fingerprint density at radius 1 is 1.27 bits per heavy atom. The summed E-state index contributed by atoms with van der Waals surface area (Å²) in [5.41, 5.74) is 2.00. The van der Waals surface area contributed by atoms with E-state index in [1.807, 2.05) is 17.3 Å². The minimum absolute atomic E-state index is 0.0121. The molecular formula is C23H32N4O3. The molecule has 0 bridgehead atoms. The fourth-order valence-electron chi connectivity index (χ4n) is 5.62. The number of carbonyl (C=O) groups excluding carboxylic acids is 1. The van der Waals surface area contributed by atoms with Gasteiger partial charge in [0.2, 0.25) is 0 Å². The molecule has 7 nitrogen and oxygen atoms in total. The van der Waals surface area contributed by atoms with E-state index >= 15 is 0 Å². The molecule has 2 aromatic heterocycles. The molecule has 162 valence electrons. The summed E-state index contributed by atoms with van der Waals surface area (Å²) in [6.45, 7) is 3.40. The zero-order valence-electron chi connectivity index (χ0n) is 17.8. The quantitative estimate of drug-likeness (QED) is 0.835. The summed E-state index contributed by atoms with van der Waals surface area (Å²) in [6, 6.07) is 2.37. The Kier molecular flexibility index (Phi) is 5.27. The van der Waals surface area contributed by atoms with Crippen LogP contribution < -0.4 is 0 Å². The highest BCUT2D eigenvalue weighted by molar-refractivity contribution is 5.96. The van der Waals surface area contributed by atoms with Crippen LogP contribution in [-0.2, 0) is 4.74 Å². The SMILES string of the molecule is CC[C@H]1C[C@@H](O)CC2(CCN(C(=O)c3cnc4c(c3)ncn4C3CCCC3)CC2)O1. The van der Waals surface area contributed by atoms with Crippen molar-refractivity contribution in [2.24, 2.45) is 0 Å². The van der Waals surface area contributed by atoms with Gasteiger partial charge in [-0.1, -0.05) is 19.8 Å². The third kappa shape index (κ3) is 3.62. The van der Waals surface area contributed by atoms with E-state index in [0.29, 0.717) is 31.1 Å². The Hall–Kier alpha value is -1.99. The van der Waals surface area contributed by atoms with Crippen LogP contribution in [0.4, 0.5) is 0 Å². The average molecular weight is 413 g/mol. The van der Waals surface area contributed by atoms with E-state index in [-0.39, 0.29) is 23.7 Å². The van der Waals surface area contributed by atoms with Crippen LogP contribution in [0.15, 0.2) is 18.6 Å². The van der Waals surface area contributed by atoms with Crippen molar-refractivity contribution in [2.75, 3.05) is 13.1 Å². The van der Waals surface area contributed by atoms with Crippen molar-refractivity contribution in [1.82, 2.24) is 19.4 Å². The first-order chi connectivity index (χ1) is 14.6. The number of rotatable bonds is 3. The third-order valence-electron chi connectivity index (χ3n) is 7.35. The molecule has 1 N–H and O–H groups in total. The normalized spacial score (nSPS) is 27.2. The molecule has 3 aliphatic rings. The highest BCUT2D eigenvalue weighted by Crippen LogP contribution is 2.38. The topological polar surface area (TPSA) is 80.5 Å². The van der Waals surface area contributed by atoms with Gasteiger partial charge in [0.25, 0.3) is 5.91 Å². The van der Waals surface area contributed by atoms with E-state index < -0.39 is 0 Å². The number of fused-ring (bicyclic) bond motifs is 1. The number of aliphatic hydroxyl groups is 1. The third-order valence-corrected chi connectivity index (χ3v) is 7.35. The van der Waals surface area contributed by atoms with Crippen LogP contribution in [0.3, 0.4) is 0 Å². The van der Waals surface area contributed by atoms with Crippen molar-refractivity contribution in [3.05, 3.63) is 24.2 Å². The van der Waals surface area contributed by atoms with Crippen molar-refractivity contribution in [1.29, 1.82) is 0 Å². The number of hydrogen-bond acceptors (Lipinski definition) is 5. The molecule has 7 heteroatoms. The molecule has 1 saturated carbocycles. The van der Waals surface area contributed by atoms with E-state index in [4.69, 9.17) is 4.74 Å². The maximum Gasteiger partial charge on any atom is 0.255 e. The molecule has 0 radical (unpaired) electrons. The Morgan fingerprint density at radius 3 is 2.77 bits per heavy atom. The lowest BCUT2D eigenvalue weighted by molar-refractivity contribution is -0.179. The molecule has 2 atom stereocenters. The van der Waals surface area contributed by atoms with Gasteiger partial charge in [0.05, 0.1) is 29.7 Å². The van der Waals surface area contributed by atoms with Gasteiger partial charge in [-0.2, -0.15) is 0 Å². The molecule has 2 aliphatic heterocycles. The number of carbonyl (C=O) groups is 1. The highest BCUT2D eigenvalue weighted by atomic mass is 16.5. The van der Waals surface area contributed by atoms with Gasteiger partial charge in [-0.15, -0.1) is 0 Å². The minimum atomic E-state index is -0.299. The Labute approximate surface area is 177 Å². The van der Waals surface area contributed by atoms with Gasteiger partial charge in [0.1, 0.15) is 5.52 Å². The molecule has 1 amide bonds. The minimum Gasteiger partial charge on any atom is -0.393 e. The largest absolute Gasteiger partial charge is 0.393 e. The number of likely N-dealkylation sites (tertiary alicyclic amines) is 1. The Balaban J connectivity index is 1.28. The summed E-state index contributed by atoms with van der Waals surface area (Å²) >= 11 is 0. The fourth-order valence-corrected chi connectivity index (χ4v) is 5.62. The van der Waals surface area contributed by atoms with E-state index in [0.717, 1.165) is 36.8 Å². The van der Waals surface area contributed by atoms with Gasteiger partial charge in [0.15, 0.2) is 5.65 Å². The van der Waals surface area contributed by atoms with Crippen molar-refractivity contribution in [2.45, 2.75) is 88.6 Å². The summed E-state index contributed by atoms with van der Waals surface area (Å²) in [5, 5.41) is 10.3. The number of ether oxygens (including phenoxy) is 1. The highest BCUT2D eigenvalue weighted by Gasteiger charge is 2.43. The molecule has 4 heterocycles. The van der Waals surface area contributed by atoms with Crippen molar-refractivity contribution < 1.29 is 14.6 Å². The number of nitrogens with zero attached hydrogens (tertiary/aromatic N) is 4. The first-order valence-corrected chi connectivity index (χ1v) is 11.5. The Morgan fingerprint density at radius 2 is 2.03 bits per heavy atom. The summed E-state index contributed by atoms with van der Waals surface area (Å²) in [7, 11) is 0. The van der Waals surface area contributed by atoms with Gasteiger partial charge in [-0.3, -0.25) is 4.79 Å². The van der Waals surface area contributed by atoms with Crippen LogP contribution in [0, 0.1) is 0 Å². The lowest BCUT2D eigenvalue weighted by atomic mass is 9.81. The number of piperidine rings is 1. The smallest absolute Gasteiger partial charge is 0.255 e. The maximum absolute atomic E-state index is 13.1. The van der Waals surface area contributed by atoms with Crippen LogP contribution in [0.25, 0.3) is 11.2 Å². The number of amides is 1. The van der Waals surface area contributed by atoms with Gasteiger partial charge in [0, 0.05) is 31.7 Å². The van der Waals surface area contributed by atoms with Gasteiger partial charge in [-0.25, -0.2) is 9.97 Å². The number of pyridine rings is 1. The van der Waals surface area contributed by atoms with Gasteiger partial charge < -0.3 is 19.3 Å². The standard InChI is InChI=1S/C23H32N4O3/c1-2-19-12-18(28)13-23(30-19)7-9-26(10-8-23)22(29)16-11-20-21(24-14-16)27(15-25-20)17-5-3-4-6-17/h11,14-15,17-19,28H,2-10,12-13H2,1H3/t18-,19+/m1/s1. The second-order valence-electron chi connectivity index (χ2n) is 9.37. The predicted molar refractivity (Wildman–Crippen MR) is 113 cm³/mol. The first-order valence-electron chi connectivity index (χ1n) is 11.5. The zero-order chi connectivity index (χ0) is 20.7. The second kappa shape index (κ2) is 7.93. The van der Waals surface area contributed by atoms with Crippen LogP contribution in [0.2, 0.25) is 0 Å². The molecule has 1 aliphatic carbocycles. The number of hydrogen-bond donors (Lipinski definition) is 1. The summed E-state index contributed by atoms with van der Waals surface area (Å²) in [6.07, 6.45) is 12.2. The van der Waals surface area contributed by atoms with Gasteiger partial charge in [-0.05, 0) is 44.6 Å². The van der Waals surface area contributed by atoms with E-state index in [1.165, 1.54) is 25.7 Å². The molecule has 2 aromatic rings. The average Bonchev–Trinajstić information content (AvgIpc) is 3.42. The monoisotopic (exact) mass is 412 g/mol. The molecule has 1 spiro atoms.